The molecule has 4 heterocycles. The number of amides is 1. The van der Waals surface area contributed by atoms with Gasteiger partial charge in [-0.15, -0.1) is 34.2 Å². The van der Waals surface area contributed by atoms with E-state index in [4.69, 9.17) is 4.42 Å². The number of carbonyl (C=O) groups is 1. The molecule has 29 heavy (non-hydrogen) atoms. The van der Waals surface area contributed by atoms with Gasteiger partial charge in [0.25, 0.3) is 5.91 Å². The first kappa shape index (κ1) is 21.6. The molecule has 1 N–H and O–H groups in total. The van der Waals surface area contributed by atoms with Crippen LogP contribution in [0.4, 0.5) is 0 Å². The highest BCUT2D eigenvalue weighted by Crippen LogP contribution is 2.19. The molecule has 0 aromatic carbocycles. The predicted octanol–water partition coefficient (Wildman–Crippen LogP) is 1.39. The lowest BCUT2D eigenvalue weighted by atomic mass is 9.99. The number of nitrogens with zero attached hydrogens (tertiary/aromatic N) is 6. The number of aryl methyl sites for hydroxylation is 2. The Kier molecular flexibility index (Phi) is 7.14. The number of halogens is 1. The highest BCUT2D eigenvalue weighted by molar-refractivity contribution is 14.0. The zero-order valence-corrected chi connectivity index (χ0v) is 19.2. The number of nitrogens with one attached hydrogen (secondary N) is 1. The first-order valence-electron chi connectivity index (χ1n) is 9.82. The summed E-state index contributed by atoms with van der Waals surface area (Å²) in [6, 6.07) is 3.45. The fraction of sp³-hybridized carbons (Fsp3) is 0.579. The van der Waals surface area contributed by atoms with Crippen molar-refractivity contribution in [1.82, 2.24) is 29.9 Å². The summed E-state index contributed by atoms with van der Waals surface area (Å²) in [5.41, 5.74) is 0. The first-order valence-corrected chi connectivity index (χ1v) is 9.82. The Hall–Kier alpha value is -2.11. The van der Waals surface area contributed by atoms with Crippen LogP contribution in [-0.2, 0) is 13.0 Å². The van der Waals surface area contributed by atoms with Crippen LogP contribution in [0.15, 0.2) is 27.8 Å². The molecule has 1 saturated heterocycles. The number of hydrogen-bond donors (Lipinski definition) is 1. The zero-order valence-electron chi connectivity index (χ0n) is 16.9. The summed E-state index contributed by atoms with van der Waals surface area (Å²) in [4.78, 5) is 20.9. The van der Waals surface area contributed by atoms with Gasteiger partial charge in [-0.3, -0.25) is 9.79 Å². The van der Waals surface area contributed by atoms with Crippen LogP contribution in [0, 0.1) is 12.8 Å². The highest BCUT2D eigenvalue weighted by Gasteiger charge is 2.26. The average Bonchev–Trinajstić information content (AvgIpc) is 3.39. The van der Waals surface area contributed by atoms with Gasteiger partial charge in [0, 0.05) is 52.7 Å². The number of piperazine rings is 1. The molecular weight excluding hydrogens is 485 g/mol. The molecule has 9 nitrogen and oxygen atoms in total. The monoisotopic (exact) mass is 513 g/mol. The normalized spacial score (nSPS) is 19.5. The van der Waals surface area contributed by atoms with Crippen molar-refractivity contribution in [3.63, 3.8) is 0 Å². The van der Waals surface area contributed by atoms with E-state index in [1.165, 1.54) is 6.26 Å². The van der Waals surface area contributed by atoms with E-state index in [1.54, 1.807) is 12.1 Å². The van der Waals surface area contributed by atoms with Crippen molar-refractivity contribution in [2.45, 2.75) is 26.3 Å². The second-order valence-electron chi connectivity index (χ2n) is 7.36. The van der Waals surface area contributed by atoms with Crippen LogP contribution in [0.2, 0.25) is 0 Å². The van der Waals surface area contributed by atoms with Gasteiger partial charge in [0.2, 0.25) is 0 Å². The summed E-state index contributed by atoms with van der Waals surface area (Å²) in [7, 11) is 1.81. The van der Waals surface area contributed by atoms with Gasteiger partial charge in [-0.05, 0) is 31.4 Å². The molecule has 2 aromatic heterocycles. The topological polar surface area (TPSA) is 91.8 Å². The van der Waals surface area contributed by atoms with Crippen LogP contribution in [0.1, 0.15) is 28.6 Å². The van der Waals surface area contributed by atoms with E-state index in [9.17, 15) is 4.79 Å². The van der Waals surface area contributed by atoms with E-state index in [1.807, 2.05) is 18.9 Å². The maximum absolute atomic E-state index is 12.4. The lowest BCUT2D eigenvalue weighted by Gasteiger charge is -2.36. The van der Waals surface area contributed by atoms with E-state index >= 15 is 0 Å². The number of aromatic nitrogens is 3. The van der Waals surface area contributed by atoms with Crippen LogP contribution in [0.5, 0.6) is 0 Å². The second-order valence-corrected chi connectivity index (χ2v) is 7.36. The van der Waals surface area contributed by atoms with Gasteiger partial charge in [0.1, 0.15) is 11.6 Å². The zero-order chi connectivity index (χ0) is 19.5. The number of fused-ring (bicyclic) bond motifs is 1. The standard InChI is InChI=1S/C19H27N7O2.HI/c1-14-22-23-17-6-5-15(13-26(14)17)12-21-19(20-2)25-9-7-24(8-10-25)18(27)16-4-3-11-28-16;/h3-4,11,15H,5-10,12-13H2,1-2H3,(H,20,21);1H. The van der Waals surface area contributed by atoms with E-state index in [2.05, 4.69) is 30.0 Å². The van der Waals surface area contributed by atoms with Crippen LogP contribution >= 0.6 is 24.0 Å². The smallest absolute Gasteiger partial charge is 0.289 e. The van der Waals surface area contributed by atoms with Crippen molar-refractivity contribution in [3.05, 3.63) is 35.8 Å². The van der Waals surface area contributed by atoms with Crippen molar-refractivity contribution in [2.75, 3.05) is 39.8 Å². The second kappa shape index (κ2) is 9.59. The van der Waals surface area contributed by atoms with Gasteiger partial charge in [-0.25, -0.2) is 0 Å². The van der Waals surface area contributed by atoms with Gasteiger partial charge in [0.15, 0.2) is 11.7 Å². The Balaban J connectivity index is 0.00000240. The van der Waals surface area contributed by atoms with Gasteiger partial charge in [0.05, 0.1) is 6.26 Å². The summed E-state index contributed by atoms with van der Waals surface area (Å²) >= 11 is 0. The minimum Gasteiger partial charge on any atom is -0.459 e. The minimum atomic E-state index is -0.0464. The average molecular weight is 513 g/mol. The van der Waals surface area contributed by atoms with Gasteiger partial charge < -0.3 is 24.1 Å². The molecule has 2 aliphatic heterocycles. The van der Waals surface area contributed by atoms with Crippen LogP contribution in [0.3, 0.4) is 0 Å². The number of furan rings is 1. The molecule has 1 unspecified atom stereocenters. The van der Waals surface area contributed by atoms with E-state index in [0.717, 1.165) is 56.6 Å². The number of aliphatic imine (C=N–C) groups is 1. The molecule has 0 radical (unpaired) electrons. The third-order valence-electron chi connectivity index (χ3n) is 5.59. The van der Waals surface area contributed by atoms with Crippen molar-refractivity contribution >= 4 is 35.8 Å². The molecule has 1 atom stereocenters. The Bertz CT molecular complexity index is 841. The van der Waals surface area contributed by atoms with E-state index in [-0.39, 0.29) is 29.9 Å². The van der Waals surface area contributed by atoms with Crippen molar-refractivity contribution in [1.29, 1.82) is 0 Å². The highest BCUT2D eigenvalue weighted by atomic mass is 127. The van der Waals surface area contributed by atoms with Crippen molar-refractivity contribution in [2.24, 2.45) is 10.9 Å². The summed E-state index contributed by atoms with van der Waals surface area (Å²) < 4.78 is 7.45. The molecule has 4 rings (SSSR count). The Morgan fingerprint density at radius 1 is 1.28 bits per heavy atom. The maximum Gasteiger partial charge on any atom is 0.289 e. The van der Waals surface area contributed by atoms with Gasteiger partial charge in [-0.1, -0.05) is 0 Å². The summed E-state index contributed by atoms with van der Waals surface area (Å²) in [6.45, 7) is 6.66. The Morgan fingerprint density at radius 2 is 2.03 bits per heavy atom. The molecule has 0 saturated carbocycles. The molecule has 2 aromatic rings. The first-order chi connectivity index (χ1) is 13.7. The van der Waals surface area contributed by atoms with Crippen molar-refractivity contribution in [3.8, 4) is 0 Å². The molecule has 0 spiro atoms. The predicted molar refractivity (Wildman–Crippen MR) is 120 cm³/mol. The van der Waals surface area contributed by atoms with Crippen LogP contribution in [0.25, 0.3) is 0 Å². The molecule has 1 fully saturated rings. The minimum absolute atomic E-state index is 0. The third-order valence-corrected chi connectivity index (χ3v) is 5.59. The van der Waals surface area contributed by atoms with Gasteiger partial charge >= 0.3 is 0 Å². The number of rotatable bonds is 3. The van der Waals surface area contributed by atoms with Crippen LogP contribution in [-0.4, -0.2) is 76.2 Å². The molecule has 0 bridgehead atoms. The third kappa shape index (κ3) is 4.73. The molecule has 158 valence electrons. The molecule has 2 aliphatic rings. The molecule has 10 heteroatoms. The Morgan fingerprint density at radius 3 is 2.72 bits per heavy atom. The molecular formula is C19H28IN7O2. The molecule has 0 aliphatic carbocycles. The fourth-order valence-electron chi connectivity index (χ4n) is 3.94. The SMILES string of the molecule is CN=C(NCC1CCc2nnc(C)n2C1)N1CCN(C(=O)c2ccco2)CC1.I. The summed E-state index contributed by atoms with van der Waals surface area (Å²) in [5.74, 6) is 3.86. The Labute approximate surface area is 187 Å². The lowest BCUT2D eigenvalue weighted by Crippen LogP contribution is -2.54. The molecule has 1 amide bonds. The fourth-order valence-corrected chi connectivity index (χ4v) is 3.94. The number of guanidine groups is 1. The summed E-state index contributed by atoms with van der Waals surface area (Å²) in [6.07, 6.45) is 3.61. The van der Waals surface area contributed by atoms with Gasteiger partial charge in [-0.2, -0.15) is 0 Å². The van der Waals surface area contributed by atoms with Crippen LogP contribution < -0.4 is 5.32 Å². The largest absolute Gasteiger partial charge is 0.459 e. The quantitative estimate of drug-likeness (QED) is 0.379. The van der Waals surface area contributed by atoms with E-state index < -0.39 is 0 Å². The number of carbonyl (C=O) groups excluding carboxylic acids is 1. The maximum atomic E-state index is 12.4. The van der Waals surface area contributed by atoms with Crippen molar-refractivity contribution < 1.29 is 9.21 Å². The number of hydrogen-bond acceptors (Lipinski definition) is 5. The van der Waals surface area contributed by atoms with E-state index in [0.29, 0.717) is 24.8 Å². The lowest BCUT2D eigenvalue weighted by molar-refractivity contribution is 0.0657. The summed E-state index contributed by atoms with van der Waals surface area (Å²) in [5, 5.41) is 11.9.